The van der Waals surface area contributed by atoms with E-state index >= 15 is 0 Å². The first kappa shape index (κ1) is 20.7. The van der Waals surface area contributed by atoms with Crippen molar-refractivity contribution >= 4 is 60.4 Å². The van der Waals surface area contributed by atoms with Gasteiger partial charge in [-0.15, -0.1) is 11.3 Å². The van der Waals surface area contributed by atoms with Crippen LogP contribution in [0, 0.1) is 0 Å². The Labute approximate surface area is 199 Å². The first-order valence-electron chi connectivity index (χ1n) is 10.4. The van der Waals surface area contributed by atoms with Gasteiger partial charge in [0.05, 0.1) is 5.39 Å². The fraction of sp³-hybridized carbons (Fsp3) is 0.0769. The summed E-state index contributed by atoms with van der Waals surface area (Å²) in [6.07, 6.45) is 2.59. The summed E-state index contributed by atoms with van der Waals surface area (Å²) < 4.78 is 1.07. The second kappa shape index (κ2) is 9.10. The molecule has 2 heterocycles. The number of thiophene rings is 1. The lowest BCUT2D eigenvalue weighted by Gasteiger charge is -2.11. The Balaban J connectivity index is 1.49. The average molecular weight is 501 g/mol. The predicted octanol–water partition coefficient (Wildman–Crippen LogP) is 8.17. The number of hydrogen-bond donors (Lipinski definition) is 2. The summed E-state index contributed by atoms with van der Waals surface area (Å²) in [5, 5.41) is 8.00. The largest absolute Gasteiger partial charge is 0.356 e. The van der Waals surface area contributed by atoms with Gasteiger partial charge in [-0.25, -0.2) is 9.97 Å². The molecular weight excluding hydrogens is 480 g/mol. The van der Waals surface area contributed by atoms with Crippen LogP contribution < -0.4 is 10.6 Å². The summed E-state index contributed by atoms with van der Waals surface area (Å²) in [5.41, 5.74) is 5.47. The minimum Gasteiger partial charge on any atom is -0.356 e. The van der Waals surface area contributed by atoms with Crippen molar-refractivity contribution in [3.63, 3.8) is 0 Å². The van der Waals surface area contributed by atoms with Crippen LogP contribution in [0.1, 0.15) is 11.8 Å². The van der Waals surface area contributed by atoms with Crippen LogP contribution in [0.5, 0.6) is 0 Å². The Kier molecular flexibility index (Phi) is 5.88. The molecule has 0 amide bonds. The van der Waals surface area contributed by atoms with Crippen molar-refractivity contribution in [1.29, 1.82) is 0 Å². The Morgan fingerprint density at radius 3 is 2.12 bits per heavy atom. The highest BCUT2D eigenvalue weighted by Gasteiger charge is 2.18. The summed E-state index contributed by atoms with van der Waals surface area (Å²) in [5.74, 6) is 0.827. The number of nitrogens with one attached hydrogen (secondary N) is 2. The van der Waals surface area contributed by atoms with Crippen LogP contribution in [-0.2, 0) is 6.42 Å². The molecule has 0 unspecified atom stereocenters. The molecule has 32 heavy (non-hydrogen) atoms. The van der Waals surface area contributed by atoms with Crippen LogP contribution in [0.25, 0.3) is 21.3 Å². The molecule has 5 aromatic rings. The lowest BCUT2D eigenvalue weighted by atomic mass is 10.0. The van der Waals surface area contributed by atoms with Crippen molar-refractivity contribution in [2.24, 2.45) is 0 Å². The molecular formula is C26H21BrN4S. The van der Waals surface area contributed by atoms with Gasteiger partial charge in [-0.05, 0) is 60.5 Å². The number of aryl methyl sites for hydroxylation is 1. The molecule has 0 saturated heterocycles. The second-order valence-electron chi connectivity index (χ2n) is 7.36. The van der Waals surface area contributed by atoms with Gasteiger partial charge >= 0.3 is 0 Å². The van der Waals surface area contributed by atoms with E-state index < -0.39 is 0 Å². The molecule has 3 aromatic carbocycles. The molecule has 0 aliphatic carbocycles. The number of rotatable bonds is 6. The predicted molar refractivity (Wildman–Crippen MR) is 139 cm³/mol. The number of halogens is 1. The Bertz CT molecular complexity index is 1350. The Morgan fingerprint density at radius 2 is 1.44 bits per heavy atom. The summed E-state index contributed by atoms with van der Waals surface area (Å²) in [7, 11) is 0. The molecule has 158 valence electrons. The number of para-hydroxylation sites is 1. The molecule has 4 nitrogen and oxygen atoms in total. The first-order chi connectivity index (χ1) is 15.7. The molecule has 0 radical (unpaired) electrons. The van der Waals surface area contributed by atoms with Gasteiger partial charge in [-0.3, -0.25) is 0 Å². The molecule has 6 heteroatoms. The maximum Gasteiger partial charge on any atom is 0.143 e. The number of hydrogen-bond acceptors (Lipinski definition) is 5. The molecule has 0 aliphatic heterocycles. The zero-order valence-electron chi connectivity index (χ0n) is 17.5. The highest BCUT2D eigenvalue weighted by Crippen LogP contribution is 2.42. The van der Waals surface area contributed by atoms with Crippen LogP contribution >= 0.6 is 27.3 Å². The molecule has 0 spiro atoms. The van der Waals surface area contributed by atoms with Gasteiger partial charge in [-0.1, -0.05) is 53.2 Å². The lowest BCUT2D eigenvalue weighted by Crippen LogP contribution is -1.96. The monoisotopic (exact) mass is 500 g/mol. The first-order valence-corrected chi connectivity index (χ1v) is 12.0. The molecule has 0 fully saturated rings. The van der Waals surface area contributed by atoms with E-state index in [1.165, 1.54) is 16.0 Å². The van der Waals surface area contributed by atoms with E-state index in [1.54, 1.807) is 17.7 Å². The number of nitrogens with zero attached hydrogens (tertiary/aromatic N) is 2. The quantitative estimate of drug-likeness (QED) is 0.246. The van der Waals surface area contributed by atoms with E-state index in [0.717, 1.165) is 44.0 Å². The van der Waals surface area contributed by atoms with Gasteiger partial charge < -0.3 is 10.6 Å². The third kappa shape index (κ3) is 4.24. The van der Waals surface area contributed by atoms with Gasteiger partial charge in [0.15, 0.2) is 0 Å². The summed E-state index contributed by atoms with van der Waals surface area (Å²) >= 11 is 5.28. The lowest BCUT2D eigenvalue weighted by molar-refractivity contribution is 1.19. The molecule has 5 rings (SSSR count). The van der Waals surface area contributed by atoms with E-state index in [0.29, 0.717) is 0 Å². The van der Waals surface area contributed by atoms with Crippen molar-refractivity contribution in [2.45, 2.75) is 13.3 Å². The third-order valence-electron chi connectivity index (χ3n) is 5.23. The summed E-state index contributed by atoms with van der Waals surface area (Å²) in [6.45, 7) is 2.19. The zero-order chi connectivity index (χ0) is 21.9. The number of anilines is 4. The van der Waals surface area contributed by atoms with E-state index in [-0.39, 0.29) is 0 Å². The molecule has 0 aliphatic rings. The second-order valence-corrected chi connectivity index (χ2v) is 9.36. The van der Waals surface area contributed by atoms with Crippen LogP contribution in [0.3, 0.4) is 0 Å². The number of benzene rings is 3. The van der Waals surface area contributed by atoms with Crippen LogP contribution in [0.2, 0.25) is 0 Å². The highest BCUT2D eigenvalue weighted by molar-refractivity contribution is 9.10. The SMILES string of the molecule is CCc1sc2ncnc(Nc3ccc(Nc4ccccc4)cc3)c2c1-c1ccc(Br)cc1. The minimum atomic E-state index is 0.827. The van der Waals surface area contributed by atoms with Crippen molar-refractivity contribution in [3.05, 3.63) is 94.5 Å². The Hall–Kier alpha value is -3.22. The van der Waals surface area contributed by atoms with Crippen LogP contribution in [-0.4, -0.2) is 9.97 Å². The van der Waals surface area contributed by atoms with E-state index in [2.05, 4.69) is 104 Å². The van der Waals surface area contributed by atoms with Crippen molar-refractivity contribution < 1.29 is 0 Å². The van der Waals surface area contributed by atoms with Crippen molar-refractivity contribution in [1.82, 2.24) is 9.97 Å². The topological polar surface area (TPSA) is 49.8 Å². The highest BCUT2D eigenvalue weighted by atomic mass is 79.9. The summed E-state index contributed by atoms with van der Waals surface area (Å²) in [4.78, 5) is 11.5. The summed E-state index contributed by atoms with van der Waals surface area (Å²) in [6, 6.07) is 26.8. The van der Waals surface area contributed by atoms with Gasteiger partial charge in [0, 0.05) is 32.0 Å². The van der Waals surface area contributed by atoms with Crippen LogP contribution in [0.4, 0.5) is 22.9 Å². The zero-order valence-corrected chi connectivity index (χ0v) is 19.9. The molecule has 0 atom stereocenters. The maximum atomic E-state index is 4.60. The normalized spacial score (nSPS) is 10.9. The van der Waals surface area contributed by atoms with Gasteiger partial charge in [-0.2, -0.15) is 0 Å². The minimum absolute atomic E-state index is 0.827. The van der Waals surface area contributed by atoms with Gasteiger partial charge in [0.25, 0.3) is 0 Å². The van der Waals surface area contributed by atoms with Crippen molar-refractivity contribution in [3.8, 4) is 11.1 Å². The molecule has 2 aromatic heterocycles. The fourth-order valence-corrected chi connectivity index (χ4v) is 5.07. The van der Waals surface area contributed by atoms with Gasteiger partial charge in [0.2, 0.25) is 0 Å². The Morgan fingerprint density at radius 1 is 0.781 bits per heavy atom. The molecule has 2 N–H and O–H groups in total. The third-order valence-corrected chi connectivity index (χ3v) is 7.00. The van der Waals surface area contributed by atoms with Crippen LogP contribution in [0.15, 0.2) is 89.7 Å². The van der Waals surface area contributed by atoms with E-state index in [1.807, 2.05) is 18.2 Å². The van der Waals surface area contributed by atoms with Gasteiger partial charge in [0.1, 0.15) is 17.0 Å². The fourth-order valence-electron chi connectivity index (χ4n) is 3.71. The maximum absolute atomic E-state index is 4.60. The van der Waals surface area contributed by atoms with Crippen molar-refractivity contribution in [2.75, 3.05) is 10.6 Å². The smallest absolute Gasteiger partial charge is 0.143 e. The average Bonchev–Trinajstić information content (AvgIpc) is 3.21. The molecule has 0 bridgehead atoms. The van der Waals surface area contributed by atoms with E-state index in [9.17, 15) is 0 Å². The number of fused-ring (bicyclic) bond motifs is 1. The molecule has 0 saturated carbocycles. The number of aromatic nitrogens is 2. The standard InChI is InChI=1S/C26H21BrN4S/c1-2-22-23(17-8-10-18(27)11-9-17)24-25(28-16-29-26(24)32-22)31-21-14-12-20(13-15-21)30-19-6-4-3-5-7-19/h3-16,30H,2H2,1H3,(H,28,29,31). The van der Waals surface area contributed by atoms with E-state index in [4.69, 9.17) is 0 Å².